The van der Waals surface area contributed by atoms with E-state index in [0.29, 0.717) is 11.4 Å². The topological polar surface area (TPSA) is 97.2 Å². The second-order valence-electron chi connectivity index (χ2n) is 6.10. The molecule has 1 aromatic heterocycles. The van der Waals surface area contributed by atoms with Crippen LogP contribution in [0.4, 0.5) is 17.2 Å². The number of rotatable bonds is 7. The van der Waals surface area contributed by atoms with Gasteiger partial charge < -0.3 is 10.6 Å². The Balaban J connectivity index is 1.74. The maximum Gasteiger partial charge on any atom is 0.295 e. The average Bonchev–Trinajstić information content (AvgIpc) is 2.73. The highest BCUT2D eigenvalue weighted by molar-refractivity contribution is 5.94. The van der Waals surface area contributed by atoms with Crippen LogP contribution in [0.25, 0.3) is 11.3 Å². The first-order chi connectivity index (χ1) is 13.6. The minimum absolute atomic E-state index is 0.00289. The molecule has 0 unspecified atom stereocenters. The third-order valence-corrected chi connectivity index (χ3v) is 4.22. The minimum Gasteiger partial charge on any atom is -0.361 e. The van der Waals surface area contributed by atoms with Crippen molar-refractivity contribution in [3.8, 4) is 11.3 Å². The number of hydrogen-bond acceptors (Lipinski definition) is 5. The average molecular weight is 376 g/mol. The first kappa shape index (κ1) is 19.0. The summed E-state index contributed by atoms with van der Waals surface area (Å²) in [4.78, 5) is 27.5. The standard InChI is InChI=1S/C21H20N4O3/c1-2-15-8-6-7-11-17(15)23-20(26)14-22-19-13-12-18(25(27)28)21(24-19)16-9-4-3-5-10-16/h3-13H,2,14H2,1H3,(H,22,24)(H,23,26). The summed E-state index contributed by atoms with van der Waals surface area (Å²) < 4.78 is 0. The van der Waals surface area contributed by atoms with Crippen LogP contribution in [-0.4, -0.2) is 22.4 Å². The van der Waals surface area contributed by atoms with Crippen LogP contribution in [0.1, 0.15) is 12.5 Å². The van der Waals surface area contributed by atoms with Gasteiger partial charge in [-0.3, -0.25) is 14.9 Å². The molecule has 142 valence electrons. The summed E-state index contributed by atoms with van der Waals surface area (Å²) >= 11 is 0. The van der Waals surface area contributed by atoms with E-state index in [-0.39, 0.29) is 23.8 Å². The van der Waals surface area contributed by atoms with E-state index >= 15 is 0 Å². The molecule has 2 N–H and O–H groups in total. The summed E-state index contributed by atoms with van der Waals surface area (Å²) in [6, 6.07) is 19.4. The van der Waals surface area contributed by atoms with Crippen LogP contribution < -0.4 is 10.6 Å². The van der Waals surface area contributed by atoms with Gasteiger partial charge >= 0.3 is 0 Å². The number of aromatic nitrogens is 1. The molecule has 2 aromatic carbocycles. The molecular weight excluding hydrogens is 356 g/mol. The predicted octanol–water partition coefficient (Wildman–Crippen LogP) is 4.27. The number of carbonyl (C=O) groups is 1. The van der Waals surface area contributed by atoms with Gasteiger partial charge in [0.05, 0.1) is 11.5 Å². The SMILES string of the molecule is CCc1ccccc1NC(=O)CNc1ccc([N+](=O)[O-])c(-c2ccccc2)n1. The van der Waals surface area contributed by atoms with Crippen LogP contribution in [0.3, 0.4) is 0 Å². The van der Waals surface area contributed by atoms with E-state index < -0.39 is 4.92 Å². The summed E-state index contributed by atoms with van der Waals surface area (Å²) in [6.07, 6.45) is 0.814. The zero-order valence-electron chi connectivity index (χ0n) is 15.4. The van der Waals surface area contributed by atoms with Crippen molar-refractivity contribution in [1.82, 2.24) is 4.98 Å². The highest BCUT2D eigenvalue weighted by atomic mass is 16.6. The Kier molecular flexibility index (Phi) is 5.96. The van der Waals surface area contributed by atoms with E-state index in [0.717, 1.165) is 17.7 Å². The molecule has 0 aliphatic rings. The number of para-hydroxylation sites is 1. The van der Waals surface area contributed by atoms with Crippen molar-refractivity contribution in [2.75, 3.05) is 17.2 Å². The van der Waals surface area contributed by atoms with Gasteiger partial charge in [0, 0.05) is 17.3 Å². The van der Waals surface area contributed by atoms with Crippen LogP contribution in [0.2, 0.25) is 0 Å². The Hall–Kier alpha value is -3.74. The number of nitro groups is 1. The molecule has 1 heterocycles. The van der Waals surface area contributed by atoms with Crippen molar-refractivity contribution in [2.24, 2.45) is 0 Å². The van der Waals surface area contributed by atoms with E-state index in [2.05, 4.69) is 15.6 Å². The van der Waals surface area contributed by atoms with Gasteiger partial charge in [-0.2, -0.15) is 0 Å². The van der Waals surface area contributed by atoms with Crippen LogP contribution in [0.5, 0.6) is 0 Å². The number of amides is 1. The molecule has 0 fully saturated rings. The van der Waals surface area contributed by atoms with Crippen LogP contribution in [0, 0.1) is 10.1 Å². The zero-order valence-corrected chi connectivity index (χ0v) is 15.4. The second kappa shape index (κ2) is 8.77. The van der Waals surface area contributed by atoms with E-state index in [1.165, 1.54) is 12.1 Å². The summed E-state index contributed by atoms with van der Waals surface area (Å²) in [5.74, 6) is 0.172. The van der Waals surface area contributed by atoms with Crippen LogP contribution >= 0.6 is 0 Å². The normalized spacial score (nSPS) is 10.3. The molecule has 0 atom stereocenters. The molecule has 0 aliphatic carbocycles. The molecule has 1 amide bonds. The zero-order chi connectivity index (χ0) is 19.9. The van der Waals surface area contributed by atoms with Gasteiger partial charge in [0.2, 0.25) is 5.91 Å². The molecule has 0 saturated heterocycles. The Morgan fingerprint density at radius 3 is 2.46 bits per heavy atom. The lowest BCUT2D eigenvalue weighted by Gasteiger charge is -2.11. The summed E-state index contributed by atoms with van der Waals surface area (Å²) in [5.41, 5.74) is 2.64. The van der Waals surface area contributed by atoms with E-state index in [1.807, 2.05) is 37.3 Å². The third-order valence-electron chi connectivity index (χ3n) is 4.22. The van der Waals surface area contributed by atoms with Gasteiger partial charge in [-0.05, 0) is 24.1 Å². The Morgan fingerprint density at radius 1 is 1.04 bits per heavy atom. The maximum absolute atomic E-state index is 12.3. The van der Waals surface area contributed by atoms with Crippen molar-refractivity contribution < 1.29 is 9.72 Å². The van der Waals surface area contributed by atoms with Gasteiger partial charge in [0.15, 0.2) is 5.69 Å². The molecule has 0 saturated carbocycles. The van der Waals surface area contributed by atoms with Gasteiger partial charge in [-0.25, -0.2) is 4.98 Å². The number of benzene rings is 2. The first-order valence-corrected chi connectivity index (χ1v) is 8.91. The fraction of sp³-hybridized carbons (Fsp3) is 0.143. The molecule has 0 bridgehead atoms. The molecule has 0 aliphatic heterocycles. The lowest BCUT2D eigenvalue weighted by molar-refractivity contribution is -0.384. The maximum atomic E-state index is 12.3. The van der Waals surface area contributed by atoms with Crippen molar-refractivity contribution in [3.63, 3.8) is 0 Å². The summed E-state index contributed by atoms with van der Waals surface area (Å²) in [6.45, 7) is 2.02. The predicted molar refractivity (Wildman–Crippen MR) is 109 cm³/mol. The Morgan fingerprint density at radius 2 is 1.75 bits per heavy atom. The molecule has 7 nitrogen and oxygen atoms in total. The molecule has 28 heavy (non-hydrogen) atoms. The van der Waals surface area contributed by atoms with Crippen molar-refractivity contribution in [3.05, 3.63) is 82.4 Å². The highest BCUT2D eigenvalue weighted by Gasteiger charge is 2.18. The summed E-state index contributed by atoms with van der Waals surface area (Å²) in [7, 11) is 0. The lowest BCUT2D eigenvalue weighted by Crippen LogP contribution is -2.22. The van der Waals surface area contributed by atoms with E-state index in [9.17, 15) is 14.9 Å². The Bertz CT molecular complexity index is 990. The molecule has 0 radical (unpaired) electrons. The quantitative estimate of drug-likeness (QED) is 0.474. The number of anilines is 2. The number of nitrogens with zero attached hydrogens (tertiary/aromatic N) is 2. The Labute approximate surface area is 162 Å². The minimum atomic E-state index is -0.465. The summed E-state index contributed by atoms with van der Waals surface area (Å²) in [5, 5.41) is 17.1. The number of hydrogen-bond donors (Lipinski definition) is 2. The highest BCUT2D eigenvalue weighted by Crippen LogP contribution is 2.29. The smallest absolute Gasteiger partial charge is 0.295 e. The van der Waals surface area contributed by atoms with E-state index in [1.54, 1.807) is 24.3 Å². The third kappa shape index (κ3) is 4.50. The van der Waals surface area contributed by atoms with Gasteiger partial charge in [-0.15, -0.1) is 0 Å². The van der Waals surface area contributed by atoms with Crippen LogP contribution in [-0.2, 0) is 11.2 Å². The molecule has 3 aromatic rings. The van der Waals surface area contributed by atoms with Gasteiger partial charge in [0.1, 0.15) is 5.82 Å². The number of nitrogens with one attached hydrogen (secondary N) is 2. The number of carbonyl (C=O) groups excluding carboxylic acids is 1. The molecule has 0 spiro atoms. The van der Waals surface area contributed by atoms with E-state index in [4.69, 9.17) is 0 Å². The fourth-order valence-corrected chi connectivity index (χ4v) is 2.82. The molecule has 7 heteroatoms. The second-order valence-corrected chi connectivity index (χ2v) is 6.10. The van der Waals surface area contributed by atoms with Gasteiger partial charge in [0.25, 0.3) is 5.69 Å². The monoisotopic (exact) mass is 376 g/mol. The van der Waals surface area contributed by atoms with Crippen molar-refractivity contribution in [1.29, 1.82) is 0 Å². The fourth-order valence-electron chi connectivity index (χ4n) is 2.82. The first-order valence-electron chi connectivity index (χ1n) is 8.91. The molecule has 3 rings (SSSR count). The van der Waals surface area contributed by atoms with Crippen molar-refractivity contribution in [2.45, 2.75) is 13.3 Å². The lowest BCUT2D eigenvalue weighted by atomic mass is 10.1. The van der Waals surface area contributed by atoms with Gasteiger partial charge in [-0.1, -0.05) is 55.5 Å². The number of aryl methyl sites for hydroxylation is 1. The number of pyridine rings is 1. The molecular formula is C21H20N4O3. The van der Waals surface area contributed by atoms with Crippen LogP contribution in [0.15, 0.2) is 66.7 Å². The largest absolute Gasteiger partial charge is 0.361 e. The van der Waals surface area contributed by atoms with Crippen molar-refractivity contribution >= 4 is 23.1 Å².